The van der Waals surface area contributed by atoms with Crippen LogP contribution in [0.25, 0.3) is 0 Å². The van der Waals surface area contributed by atoms with Crippen molar-refractivity contribution in [3.05, 3.63) is 18.5 Å². The van der Waals surface area contributed by atoms with Gasteiger partial charge in [0.15, 0.2) is 0 Å². The Morgan fingerprint density at radius 1 is 1.10 bits per heavy atom. The third kappa shape index (κ3) is 6.26. The van der Waals surface area contributed by atoms with Crippen molar-refractivity contribution in [1.29, 1.82) is 0 Å². The molecule has 0 radical (unpaired) electrons. The molecule has 29 heavy (non-hydrogen) atoms. The quantitative estimate of drug-likeness (QED) is 0.771. The molecule has 1 aromatic heterocycles. The minimum absolute atomic E-state index is 0.207. The van der Waals surface area contributed by atoms with E-state index in [1.54, 1.807) is 23.6 Å². The van der Waals surface area contributed by atoms with Gasteiger partial charge in [-0.15, -0.1) is 0 Å². The molecule has 2 aliphatic heterocycles. The van der Waals surface area contributed by atoms with Crippen molar-refractivity contribution in [2.45, 2.75) is 38.8 Å². The average Bonchev–Trinajstić information content (AvgIpc) is 2.69. The van der Waals surface area contributed by atoms with Crippen LogP contribution in [0.3, 0.4) is 0 Å². The lowest BCUT2D eigenvalue weighted by Gasteiger charge is -2.46. The van der Waals surface area contributed by atoms with Crippen LogP contribution in [0.2, 0.25) is 0 Å². The fourth-order valence-electron chi connectivity index (χ4n) is 3.56. The average molecular weight is 438 g/mol. The fraction of sp³-hybridized carbons (Fsp3) is 0.706. The van der Waals surface area contributed by atoms with Crippen LogP contribution in [0, 0.1) is 5.41 Å². The first kappa shape index (κ1) is 23.3. The van der Waals surface area contributed by atoms with Gasteiger partial charge in [-0.2, -0.15) is 13.2 Å². The minimum Gasteiger partial charge on any atom is -0.475 e. The summed E-state index contributed by atoms with van der Waals surface area (Å²) in [5.41, 5.74) is 0.311. The first-order valence-electron chi connectivity index (χ1n) is 9.29. The summed E-state index contributed by atoms with van der Waals surface area (Å²) < 4.78 is 57.3. The van der Waals surface area contributed by atoms with E-state index < -0.39 is 22.2 Å². The number of hydrogen-bond acceptors (Lipinski definition) is 6. The summed E-state index contributed by atoms with van der Waals surface area (Å²) in [5, 5.41) is 7.12. The number of aliphatic carboxylic acids is 1. The SMILES string of the molecule is CCS(=O)(=O)N1CCC2(CCN(c3ncccn3)CC2)CC1.O=C(O)C(F)(F)F. The van der Waals surface area contributed by atoms with Crippen LogP contribution in [-0.4, -0.2) is 71.9 Å². The Morgan fingerprint density at radius 2 is 1.55 bits per heavy atom. The molecule has 2 aliphatic rings. The van der Waals surface area contributed by atoms with Crippen LogP contribution in [0.15, 0.2) is 18.5 Å². The molecule has 3 rings (SSSR count). The molecule has 1 spiro atoms. The second-order valence-electron chi connectivity index (χ2n) is 7.14. The number of alkyl halides is 3. The Kier molecular flexibility index (Phi) is 7.44. The molecule has 12 heteroatoms. The van der Waals surface area contributed by atoms with Crippen LogP contribution < -0.4 is 4.90 Å². The molecule has 2 fully saturated rings. The molecule has 0 amide bonds. The maximum atomic E-state index is 12.0. The first-order valence-corrected chi connectivity index (χ1v) is 10.9. The van der Waals surface area contributed by atoms with Gasteiger partial charge in [-0.05, 0) is 44.1 Å². The highest BCUT2D eigenvalue weighted by molar-refractivity contribution is 7.89. The Balaban J connectivity index is 0.000000370. The van der Waals surface area contributed by atoms with Crippen molar-refractivity contribution in [2.24, 2.45) is 5.41 Å². The number of sulfonamides is 1. The molecular formula is C17H25F3N4O4S. The van der Waals surface area contributed by atoms with Gasteiger partial charge in [0.2, 0.25) is 16.0 Å². The van der Waals surface area contributed by atoms with Crippen molar-refractivity contribution in [2.75, 3.05) is 36.8 Å². The zero-order chi connectivity index (χ0) is 21.7. The van der Waals surface area contributed by atoms with Gasteiger partial charge in [-0.25, -0.2) is 27.5 Å². The highest BCUT2D eigenvalue weighted by Crippen LogP contribution is 2.42. The van der Waals surface area contributed by atoms with Gasteiger partial charge >= 0.3 is 12.1 Å². The van der Waals surface area contributed by atoms with Crippen LogP contribution in [-0.2, 0) is 14.8 Å². The smallest absolute Gasteiger partial charge is 0.475 e. The number of halogens is 3. The molecule has 0 aromatic carbocycles. The summed E-state index contributed by atoms with van der Waals surface area (Å²) in [6.07, 6.45) is 2.64. The van der Waals surface area contributed by atoms with E-state index in [2.05, 4.69) is 14.9 Å². The van der Waals surface area contributed by atoms with Gasteiger partial charge in [0, 0.05) is 38.6 Å². The van der Waals surface area contributed by atoms with E-state index >= 15 is 0 Å². The molecule has 0 bridgehead atoms. The second-order valence-corrected chi connectivity index (χ2v) is 9.40. The molecule has 3 heterocycles. The maximum Gasteiger partial charge on any atom is 0.490 e. The number of aromatic nitrogens is 2. The zero-order valence-corrected chi connectivity index (χ0v) is 16.9. The third-order valence-corrected chi connectivity index (χ3v) is 7.32. The summed E-state index contributed by atoms with van der Waals surface area (Å²) in [5.74, 6) is -1.74. The van der Waals surface area contributed by atoms with E-state index in [1.165, 1.54) is 0 Å². The minimum atomic E-state index is -5.08. The van der Waals surface area contributed by atoms with Gasteiger partial charge in [-0.1, -0.05) is 0 Å². The van der Waals surface area contributed by atoms with Crippen LogP contribution in [0.5, 0.6) is 0 Å². The van der Waals surface area contributed by atoms with Gasteiger partial charge in [-0.3, -0.25) is 0 Å². The van der Waals surface area contributed by atoms with Gasteiger partial charge in [0.05, 0.1) is 5.75 Å². The van der Waals surface area contributed by atoms with Gasteiger partial charge in [0.1, 0.15) is 0 Å². The summed E-state index contributed by atoms with van der Waals surface area (Å²) in [6.45, 7) is 5.00. The Labute approximate surface area is 167 Å². The maximum absolute atomic E-state index is 12.0. The van der Waals surface area contributed by atoms with Gasteiger partial charge in [0.25, 0.3) is 0 Å². The number of piperidine rings is 2. The van der Waals surface area contributed by atoms with Gasteiger partial charge < -0.3 is 10.0 Å². The van der Waals surface area contributed by atoms with E-state index in [-0.39, 0.29) is 5.75 Å². The molecule has 0 unspecified atom stereocenters. The van der Waals surface area contributed by atoms with Crippen molar-refractivity contribution >= 4 is 21.9 Å². The standard InChI is InChI=1S/C15H24N4O2S.C2HF3O2/c1-2-22(20,21)19-12-6-15(7-13-19)4-10-18(11-5-15)14-16-8-3-9-17-14;3-2(4,5)1(6)7/h3,8-9H,2,4-7,10-13H2,1H3;(H,6,7). The monoisotopic (exact) mass is 438 g/mol. The Morgan fingerprint density at radius 3 is 1.97 bits per heavy atom. The van der Waals surface area contributed by atoms with E-state index in [4.69, 9.17) is 9.90 Å². The molecule has 1 aromatic rings. The van der Waals surface area contributed by atoms with E-state index in [0.717, 1.165) is 44.7 Å². The predicted molar refractivity (Wildman–Crippen MR) is 99.9 cm³/mol. The number of nitrogens with zero attached hydrogens (tertiary/aromatic N) is 4. The number of carboxylic acids is 1. The number of carbonyl (C=O) groups is 1. The molecule has 0 aliphatic carbocycles. The largest absolute Gasteiger partial charge is 0.490 e. The molecule has 8 nitrogen and oxygen atoms in total. The summed E-state index contributed by atoms with van der Waals surface area (Å²) in [7, 11) is -3.03. The fourth-order valence-corrected chi connectivity index (χ4v) is 4.66. The van der Waals surface area contributed by atoms with Crippen LogP contribution in [0.1, 0.15) is 32.6 Å². The lowest BCUT2D eigenvalue weighted by Crippen LogP contribution is -2.48. The number of carboxylic acid groups (broad SMARTS) is 1. The summed E-state index contributed by atoms with van der Waals surface area (Å²) >= 11 is 0. The highest BCUT2D eigenvalue weighted by atomic mass is 32.2. The molecular weight excluding hydrogens is 413 g/mol. The number of rotatable bonds is 3. The van der Waals surface area contributed by atoms with E-state index in [0.29, 0.717) is 18.5 Å². The number of hydrogen-bond donors (Lipinski definition) is 1. The van der Waals surface area contributed by atoms with E-state index in [1.807, 2.05) is 6.07 Å². The molecule has 1 N–H and O–H groups in total. The van der Waals surface area contributed by atoms with E-state index in [9.17, 15) is 21.6 Å². The van der Waals surface area contributed by atoms with Crippen LogP contribution >= 0.6 is 0 Å². The second kappa shape index (κ2) is 9.24. The molecule has 2 saturated heterocycles. The lowest BCUT2D eigenvalue weighted by molar-refractivity contribution is -0.192. The van der Waals surface area contributed by atoms with Crippen molar-refractivity contribution in [1.82, 2.24) is 14.3 Å². The summed E-state index contributed by atoms with van der Waals surface area (Å²) in [6, 6.07) is 1.83. The Hall–Kier alpha value is -1.95. The predicted octanol–water partition coefficient (Wildman–Crippen LogP) is 2.14. The van der Waals surface area contributed by atoms with Crippen molar-refractivity contribution in [3.63, 3.8) is 0 Å². The first-order chi connectivity index (χ1) is 13.5. The molecule has 0 atom stereocenters. The highest BCUT2D eigenvalue weighted by Gasteiger charge is 2.40. The zero-order valence-electron chi connectivity index (χ0n) is 16.1. The summed E-state index contributed by atoms with van der Waals surface area (Å²) in [4.78, 5) is 19.8. The van der Waals surface area contributed by atoms with Crippen molar-refractivity contribution in [3.8, 4) is 0 Å². The topological polar surface area (TPSA) is 104 Å². The lowest BCUT2D eigenvalue weighted by atomic mass is 9.71. The Bertz CT molecular complexity index is 772. The molecule has 0 saturated carbocycles. The number of anilines is 1. The van der Waals surface area contributed by atoms with Crippen LogP contribution in [0.4, 0.5) is 19.1 Å². The molecule has 164 valence electrons. The van der Waals surface area contributed by atoms with Crippen molar-refractivity contribution < 1.29 is 31.5 Å². The third-order valence-electron chi connectivity index (χ3n) is 5.44. The normalized spacial score (nSPS) is 20.1.